The lowest BCUT2D eigenvalue weighted by molar-refractivity contribution is -0.175. The van der Waals surface area contributed by atoms with Crippen LogP contribution in [0, 0.1) is 11.8 Å². The van der Waals surface area contributed by atoms with E-state index in [1.807, 2.05) is 29.3 Å². The van der Waals surface area contributed by atoms with E-state index >= 15 is 0 Å². The van der Waals surface area contributed by atoms with E-state index in [2.05, 4.69) is 15.4 Å². The Bertz CT molecular complexity index is 837. The number of nitrogens with one attached hydrogen (secondary N) is 1. The van der Waals surface area contributed by atoms with Crippen LogP contribution in [-0.4, -0.2) is 50.9 Å². The molecular formula is C19H24F3N5OS. The van der Waals surface area contributed by atoms with Gasteiger partial charge in [0.2, 0.25) is 11.9 Å². The van der Waals surface area contributed by atoms with Crippen LogP contribution >= 0.6 is 11.3 Å². The minimum atomic E-state index is -4.39. The number of amides is 1. The van der Waals surface area contributed by atoms with Crippen LogP contribution in [0.1, 0.15) is 37.1 Å². The number of anilines is 1. The highest BCUT2D eigenvalue weighted by atomic mass is 32.1. The molecule has 0 aromatic carbocycles. The van der Waals surface area contributed by atoms with Gasteiger partial charge in [-0.3, -0.25) is 4.79 Å². The Hall–Kier alpha value is -2.10. The number of carbonyl (C=O) groups excluding carboxylic acids is 1. The summed E-state index contributed by atoms with van der Waals surface area (Å²) in [6.45, 7) is 3.06. The van der Waals surface area contributed by atoms with Crippen molar-refractivity contribution in [2.24, 2.45) is 11.8 Å². The van der Waals surface area contributed by atoms with Gasteiger partial charge in [0, 0.05) is 29.9 Å². The Morgan fingerprint density at radius 1 is 1.45 bits per heavy atom. The summed E-state index contributed by atoms with van der Waals surface area (Å²) in [4.78, 5) is 19.9. The molecule has 29 heavy (non-hydrogen) atoms. The molecule has 2 aromatic heterocycles. The maximum Gasteiger partial charge on any atom is 0.411 e. The second-order valence-corrected chi connectivity index (χ2v) is 8.98. The summed E-state index contributed by atoms with van der Waals surface area (Å²) in [6.07, 6.45) is -1.06. The Kier molecular flexibility index (Phi) is 5.54. The Morgan fingerprint density at radius 2 is 2.28 bits per heavy atom. The molecule has 4 atom stereocenters. The lowest BCUT2D eigenvalue weighted by Gasteiger charge is -2.41. The van der Waals surface area contributed by atoms with Crippen molar-refractivity contribution in [1.82, 2.24) is 19.7 Å². The molecule has 2 unspecified atom stereocenters. The summed E-state index contributed by atoms with van der Waals surface area (Å²) >= 11 is 1.63. The summed E-state index contributed by atoms with van der Waals surface area (Å²) in [5, 5.41) is 8.87. The maximum absolute atomic E-state index is 13.5. The average molecular weight is 427 g/mol. The van der Waals surface area contributed by atoms with Gasteiger partial charge in [0.15, 0.2) is 6.04 Å². The largest absolute Gasteiger partial charge is 0.411 e. The van der Waals surface area contributed by atoms with Crippen LogP contribution in [0.5, 0.6) is 0 Å². The number of fused-ring (bicyclic) bond motifs is 1. The summed E-state index contributed by atoms with van der Waals surface area (Å²) in [5.74, 6) is 0.0437. The molecule has 1 fully saturated rings. The van der Waals surface area contributed by atoms with Crippen molar-refractivity contribution >= 4 is 23.2 Å². The van der Waals surface area contributed by atoms with E-state index in [9.17, 15) is 18.0 Å². The first-order chi connectivity index (χ1) is 13.8. The Balaban J connectivity index is 1.44. The lowest BCUT2D eigenvalue weighted by atomic mass is 9.85. The second-order valence-electron chi connectivity index (χ2n) is 7.94. The number of hydrogen-bond donors (Lipinski definition) is 1. The van der Waals surface area contributed by atoms with Crippen LogP contribution in [0.25, 0.3) is 0 Å². The Morgan fingerprint density at radius 3 is 3.00 bits per heavy atom. The van der Waals surface area contributed by atoms with Gasteiger partial charge < -0.3 is 10.2 Å². The highest BCUT2D eigenvalue weighted by Gasteiger charge is 2.48. The highest BCUT2D eigenvalue weighted by Crippen LogP contribution is 2.41. The smallest absolute Gasteiger partial charge is 0.351 e. The van der Waals surface area contributed by atoms with Gasteiger partial charge in [-0.2, -0.15) is 23.3 Å². The molecule has 4 heterocycles. The molecule has 1 saturated heterocycles. The molecule has 0 spiro atoms. The number of nitrogens with zero attached hydrogens (tertiary/aromatic N) is 4. The molecule has 0 radical (unpaired) electrons. The van der Waals surface area contributed by atoms with Crippen molar-refractivity contribution in [3.05, 3.63) is 28.7 Å². The molecule has 0 aliphatic carbocycles. The zero-order valence-electron chi connectivity index (χ0n) is 16.1. The number of piperidine rings is 1. The quantitative estimate of drug-likeness (QED) is 0.807. The summed E-state index contributed by atoms with van der Waals surface area (Å²) in [6, 6.07) is 1.92. The third-order valence-electron chi connectivity index (χ3n) is 5.89. The average Bonchev–Trinajstić information content (AvgIpc) is 3.37. The van der Waals surface area contributed by atoms with Crippen LogP contribution in [0.2, 0.25) is 0 Å². The monoisotopic (exact) mass is 427 g/mol. The number of hydrogen-bond acceptors (Lipinski definition) is 5. The summed E-state index contributed by atoms with van der Waals surface area (Å²) < 4.78 is 41.6. The van der Waals surface area contributed by atoms with Gasteiger partial charge >= 0.3 is 6.18 Å². The summed E-state index contributed by atoms with van der Waals surface area (Å²) in [5.41, 5.74) is 0. The maximum atomic E-state index is 13.5. The van der Waals surface area contributed by atoms with Crippen molar-refractivity contribution in [3.8, 4) is 0 Å². The van der Waals surface area contributed by atoms with Crippen LogP contribution in [-0.2, 0) is 11.2 Å². The van der Waals surface area contributed by atoms with Gasteiger partial charge in [-0.25, -0.2) is 4.68 Å². The van der Waals surface area contributed by atoms with E-state index in [-0.39, 0.29) is 36.2 Å². The number of aromatic nitrogens is 3. The first kappa shape index (κ1) is 20.2. The predicted octanol–water partition coefficient (Wildman–Crippen LogP) is 3.74. The zero-order chi connectivity index (χ0) is 20.6. The topological polar surface area (TPSA) is 63.1 Å². The van der Waals surface area contributed by atoms with E-state index in [4.69, 9.17) is 0 Å². The van der Waals surface area contributed by atoms with E-state index in [1.165, 1.54) is 4.88 Å². The molecule has 158 valence electrons. The minimum absolute atomic E-state index is 0.0445. The van der Waals surface area contributed by atoms with Gasteiger partial charge in [-0.05, 0) is 43.0 Å². The van der Waals surface area contributed by atoms with Gasteiger partial charge in [0.05, 0.1) is 0 Å². The molecule has 10 heteroatoms. The minimum Gasteiger partial charge on any atom is -0.351 e. The van der Waals surface area contributed by atoms with Gasteiger partial charge in [-0.1, -0.05) is 13.0 Å². The fourth-order valence-electron chi connectivity index (χ4n) is 4.40. The van der Waals surface area contributed by atoms with E-state index < -0.39 is 12.2 Å². The number of thiophene rings is 1. The fraction of sp³-hybridized carbons (Fsp3) is 0.632. The molecule has 2 aliphatic rings. The number of alkyl halides is 3. The van der Waals surface area contributed by atoms with Gasteiger partial charge in [0.25, 0.3) is 0 Å². The molecule has 1 amide bonds. The van der Waals surface area contributed by atoms with Crippen molar-refractivity contribution in [3.63, 3.8) is 0 Å². The molecule has 4 rings (SSSR count). The molecule has 0 bridgehead atoms. The van der Waals surface area contributed by atoms with Gasteiger partial charge in [-0.15, -0.1) is 11.3 Å². The first-order valence-corrected chi connectivity index (χ1v) is 10.7. The highest BCUT2D eigenvalue weighted by molar-refractivity contribution is 7.09. The second kappa shape index (κ2) is 7.97. The molecule has 2 aliphatic heterocycles. The van der Waals surface area contributed by atoms with Crippen molar-refractivity contribution in [1.29, 1.82) is 0 Å². The third kappa shape index (κ3) is 4.26. The number of halogens is 3. The SMILES string of the molecule is CC(Cc1cccs1)C(=O)N1CCCC([C@@H]2C[C@H](C(F)(F)F)n3ncnc3N2)C1. The standard InChI is InChI=1S/C19H24F3N5OS/c1-12(8-14-5-3-7-29-14)17(28)26-6-2-4-13(10-26)15-9-16(19(20,21)22)27-18(25-15)23-11-24-27/h3,5,7,11-13,15-16H,2,4,6,8-10H2,1H3,(H,23,24,25)/t12?,13?,15-,16+/m0/s1. The van der Waals surface area contributed by atoms with Crippen LogP contribution in [0.15, 0.2) is 23.8 Å². The number of likely N-dealkylation sites (tertiary alicyclic amines) is 1. The Labute approximate surface area is 171 Å². The number of rotatable bonds is 4. The van der Waals surface area contributed by atoms with Crippen molar-refractivity contribution in [2.45, 2.75) is 50.9 Å². The normalized spacial score (nSPS) is 25.9. The van der Waals surface area contributed by atoms with Crippen LogP contribution < -0.4 is 5.32 Å². The van der Waals surface area contributed by atoms with Crippen molar-refractivity contribution < 1.29 is 18.0 Å². The third-order valence-corrected chi connectivity index (χ3v) is 6.78. The van der Waals surface area contributed by atoms with E-state index in [1.54, 1.807) is 11.3 Å². The van der Waals surface area contributed by atoms with Crippen molar-refractivity contribution in [2.75, 3.05) is 18.4 Å². The molecule has 2 aromatic rings. The fourth-order valence-corrected chi connectivity index (χ4v) is 5.23. The summed E-state index contributed by atoms with van der Waals surface area (Å²) in [7, 11) is 0. The molecule has 1 N–H and O–H groups in total. The number of carbonyl (C=O) groups is 1. The molecular weight excluding hydrogens is 403 g/mol. The first-order valence-electron chi connectivity index (χ1n) is 9.87. The molecule has 6 nitrogen and oxygen atoms in total. The predicted molar refractivity (Wildman–Crippen MR) is 104 cm³/mol. The van der Waals surface area contributed by atoms with Gasteiger partial charge in [0.1, 0.15) is 6.33 Å². The van der Waals surface area contributed by atoms with E-state index in [0.717, 1.165) is 23.9 Å². The lowest BCUT2D eigenvalue weighted by Crippen LogP contribution is -2.50. The van der Waals surface area contributed by atoms with Crippen LogP contribution in [0.3, 0.4) is 0 Å². The zero-order valence-corrected chi connectivity index (χ0v) is 16.9. The van der Waals surface area contributed by atoms with Crippen LogP contribution in [0.4, 0.5) is 19.1 Å². The van der Waals surface area contributed by atoms with E-state index in [0.29, 0.717) is 19.5 Å². The molecule has 0 saturated carbocycles.